The Balaban J connectivity index is 2.43. The largest absolute Gasteiger partial charge is 0.494 e. The highest BCUT2D eigenvalue weighted by atomic mass is 35.5. The average molecular weight is 503 g/mol. The number of nitrogens with one attached hydrogen (secondary N) is 1. The first-order chi connectivity index (χ1) is 15.2. The summed E-state index contributed by atoms with van der Waals surface area (Å²) in [5.41, 5.74) is 2.26. The lowest BCUT2D eigenvalue weighted by atomic mass is 10.0. The first kappa shape index (κ1) is 26.4. The number of rotatable bonds is 12. The molecule has 0 unspecified atom stereocenters. The van der Waals surface area contributed by atoms with Crippen molar-refractivity contribution in [2.75, 3.05) is 12.5 Å². The fourth-order valence-electron chi connectivity index (χ4n) is 3.10. The van der Waals surface area contributed by atoms with E-state index in [1.807, 2.05) is 13.8 Å². The molecule has 2 rings (SSSR count). The molecule has 0 radical (unpaired) electrons. The molecule has 7 nitrogen and oxygen atoms in total. The van der Waals surface area contributed by atoms with E-state index in [-0.39, 0.29) is 23.8 Å². The number of carbonyl (C=O) groups excluding carboxylic acids is 1. The first-order valence-corrected chi connectivity index (χ1v) is 12.5. The van der Waals surface area contributed by atoms with Gasteiger partial charge < -0.3 is 4.74 Å². The molecule has 2 N–H and O–H groups in total. The van der Waals surface area contributed by atoms with E-state index in [0.717, 1.165) is 4.31 Å². The lowest BCUT2D eigenvalue weighted by molar-refractivity contribution is -0.133. The van der Waals surface area contributed by atoms with Crippen molar-refractivity contribution in [1.82, 2.24) is 9.79 Å². The summed E-state index contributed by atoms with van der Waals surface area (Å²) < 4.78 is 33.8. The number of benzene rings is 2. The Kier molecular flexibility index (Phi) is 10.2. The third kappa shape index (κ3) is 7.35. The van der Waals surface area contributed by atoms with Crippen LogP contribution in [0.15, 0.2) is 53.4 Å². The molecule has 0 saturated carbocycles. The molecular weight excluding hydrogens is 475 g/mol. The maximum Gasteiger partial charge on any atom is 0.261 e. The van der Waals surface area contributed by atoms with Crippen molar-refractivity contribution in [3.05, 3.63) is 59.1 Å². The topological polar surface area (TPSA) is 95.9 Å². The number of ether oxygens (including phenoxy) is 1. The number of halogens is 2. The van der Waals surface area contributed by atoms with Gasteiger partial charge in [-0.1, -0.05) is 37.6 Å². The Hall–Kier alpha value is -1.84. The molecule has 0 heterocycles. The van der Waals surface area contributed by atoms with Crippen molar-refractivity contribution in [3.8, 4) is 5.75 Å². The summed E-state index contributed by atoms with van der Waals surface area (Å²) in [5.74, 6) is 0.191. The highest BCUT2D eigenvalue weighted by Gasteiger charge is 2.36. The van der Waals surface area contributed by atoms with Crippen LogP contribution in [0.3, 0.4) is 0 Å². The Labute approximate surface area is 199 Å². The van der Waals surface area contributed by atoms with Gasteiger partial charge in [-0.05, 0) is 60.7 Å². The fourth-order valence-corrected chi connectivity index (χ4v) is 4.92. The van der Waals surface area contributed by atoms with Crippen LogP contribution in [-0.4, -0.2) is 42.4 Å². The second kappa shape index (κ2) is 12.4. The quantitative estimate of drug-likeness (QED) is 0.193. The molecule has 0 fully saturated rings. The van der Waals surface area contributed by atoms with Crippen molar-refractivity contribution < 1.29 is 23.2 Å². The van der Waals surface area contributed by atoms with Crippen molar-refractivity contribution in [1.29, 1.82) is 0 Å². The molecule has 0 spiro atoms. The number of alkyl halides is 1. The van der Waals surface area contributed by atoms with Crippen LogP contribution in [0.4, 0.5) is 0 Å². The zero-order valence-electron chi connectivity index (χ0n) is 18.0. The van der Waals surface area contributed by atoms with Gasteiger partial charge in [0.05, 0.1) is 11.5 Å². The van der Waals surface area contributed by atoms with Gasteiger partial charge in [0.2, 0.25) is 10.0 Å². The smallest absolute Gasteiger partial charge is 0.261 e. The molecule has 32 heavy (non-hydrogen) atoms. The second-order valence-electron chi connectivity index (χ2n) is 7.66. The number of carbonyl (C=O) groups is 1. The zero-order valence-corrected chi connectivity index (χ0v) is 20.3. The number of sulfonamides is 1. The Bertz CT molecular complexity index is 967. The number of hydrogen-bond donors (Lipinski definition) is 2. The summed E-state index contributed by atoms with van der Waals surface area (Å²) in [6.07, 6.45) is 0.891. The molecule has 0 aliphatic carbocycles. The highest BCUT2D eigenvalue weighted by Crippen LogP contribution is 2.26. The van der Waals surface area contributed by atoms with E-state index in [0.29, 0.717) is 35.2 Å². The molecule has 2 aromatic rings. The van der Waals surface area contributed by atoms with E-state index in [1.165, 1.54) is 12.1 Å². The van der Waals surface area contributed by atoms with Gasteiger partial charge in [0, 0.05) is 17.4 Å². The van der Waals surface area contributed by atoms with Gasteiger partial charge in [0.1, 0.15) is 11.8 Å². The van der Waals surface area contributed by atoms with Crippen LogP contribution in [-0.2, 0) is 21.4 Å². The molecule has 0 saturated heterocycles. The van der Waals surface area contributed by atoms with Gasteiger partial charge in [-0.2, -0.15) is 4.31 Å². The van der Waals surface area contributed by atoms with E-state index in [1.54, 1.807) is 41.9 Å². The monoisotopic (exact) mass is 502 g/mol. The van der Waals surface area contributed by atoms with E-state index in [2.05, 4.69) is 0 Å². The lowest BCUT2D eigenvalue weighted by Crippen LogP contribution is -2.49. The van der Waals surface area contributed by atoms with Crippen LogP contribution in [0.5, 0.6) is 5.75 Å². The predicted molar refractivity (Wildman–Crippen MR) is 125 cm³/mol. The summed E-state index contributed by atoms with van der Waals surface area (Å²) in [6, 6.07) is 11.6. The van der Waals surface area contributed by atoms with E-state index in [4.69, 9.17) is 27.9 Å². The van der Waals surface area contributed by atoms with Crippen LogP contribution >= 0.6 is 23.2 Å². The van der Waals surface area contributed by atoms with Crippen LogP contribution in [0.1, 0.15) is 32.3 Å². The first-order valence-electron chi connectivity index (χ1n) is 10.2. The molecule has 10 heteroatoms. The Morgan fingerprint density at radius 1 is 1.12 bits per heavy atom. The number of nitrogens with zero attached hydrogens (tertiary/aromatic N) is 1. The minimum Gasteiger partial charge on any atom is -0.494 e. The van der Waals surface area contributed by atoms with Crippen LogP contribution in [0.2, 0.25) is 5.02 Å². The normalized spacial score (nSPS) is 12.7. The number of hydrogen-bond acceptors (Lipinski definition) is 5. The van der Waals surface area contributed by atoms with Crippen molar-refractivity contribution >= 4 is 39.1 Å². The third-order valence-electron chi connectivity index (χ3n) is 4.68. The lowest BCUT2D eigenvalue weighted by Gasteiger charge is -2.30. The minimum absolute atomic E-state index is 0.00192. The molecule has 1 atom stereocenters. The summed E-state index contributed by atoms with van der Waals surface area (Å²) >= 11 is 11.6. The SMILES string of the molecule is CC(C)C[C@H](C(=O)NO)N(Cc1ccc(Cl)cc1)S(=O)(=O)c1ccc(OCCCCl)cc1. The maximum atomic E-state index is 13.6. The zero-order chi connectivity index (χ0) is 23.7. The molecule has 176 valence electrons. The molecule has 0 aliphatic heterocycles. The molecule has 1 amide bonds. The summed E-state index contributed by atoms with van der Waals surface area (Å²) in [7, 11) is -4.10. The second-order valence-corrected chi connectivity index (χ2v) is 10.4. The van der Waals surface area contributed by atoms with Crippen molar-refractivity contribution in [2.45, 2.75) is 44.2 Å². The molecule has 0 aliphatic rings. The van der Waals surface area contributed by atoms with Gasteiger partial charge >= 0.3 is 0 Å². The van der Waals surface area contributed by atoms with E-state index < -0.39 is 22.0 Å². The summed E-state index contributed by atoms with van der Waals surface area (Å²) in [5, 5.41) is 9.79. The summed E-state index contributed by atoms with van der Waals surface area (Å²) in [6.45, 7) is 4.10. The van der Waals surface area contributed by atoms with Crippen LogP contribution in [0, 0.1) is 5.92 Å². The summed E-state index contributed by atoms with van der Waals surface area (Å²) in [4.78, 5) is 12.5. The Morgan fingerprint density at radius 3 is 2.28 bits per heavy atom. The fraction of sp³-hybridized carbons (Fsp3) is 0.409. The van der Waals surface area contributed by atoms with Gasteiger partial charge in [0.15, 0.2) is 0 Å². The van der Waals surface area contributed by atoms with E-state index in [9.17, 15) is 18.4 Å². The number of amides is 1. The average Bonchev–Trinajstić information content (AvgIpc) is 2.77. The van der Waals surface area contributed by atoms with Gasteiger partial charge in [-0.25, -0.2) is 13.9 Å². The number of hydroxylamine groups is 1. The Morgan fingerprint density at radius 2 is 1.75 bits per heavy atom. The molecule has 0 aromatic heterocycles. The van der Waals surface area contributed by atoms with Crippen LogP contribution in [0.25, 0.3) is 0 Å². The van der Waals surface area contributed by atoms with Gasteiger partial charge in [-0.15, -0.1) is 11.6 Å². The highest BCUT2D eigenvalue weighted by molar-refractivity contribution is 7.89. The molecule has 0 bridgehead atoms. The predicted octanol–water partition coefficient (Wildman–Crippen LogP) is 4.46. The van der Waals surface area contributed by atoms with Crippen LogP contribution < -0.4 is 10.2 Å². The third-order valence-corrected chi connectivity index (χ3v) is 7.07. The standard InChI is InChI=1S/C22H28Cl2N2O5S/c1-16(2)14-21(22(27)25-28)26(15-17-4-6-18(24)7-5-17)32(29,30)20-10-8-19(9-11-20)31-13-3-12-23/h4-11,16,21,28H,3,12-15H2,1-2H3,(H,25,27)/t21-/m1/s1. The molecule has 2 aromatic carbocycles. The van der Waals surface area contributed by atoms with Gasteiger partial charge in [-0.3, -0.25) is 10.0 Å². The molecular formula is C22H28Cl2N2O5S. The minimum atomic E-state index is -4.10. The van der Waals surface area contributed by atoms with Crippen molar-refractivity contribution in [3.63, 3.8) is 0 Å². The van der Waals surface area contributed by atoms with Gasteiger partial charge in [0.25, 0.3) is 5.91 Å². The van der Waals surface area contributed by atoms with Crippen molar-refractivity contribution in [2.24, 2.45) is 5.92 Å². The maximum absolute atomic E-state index is 13.6. The van der Waals surface area contributed by atoms with E-state index >= 15 is 0 Å².